The third-order valence-electron chi connectivity index (χ3n) is 13.4. The second kappa shape index (κ2) is 12.6. The molecule has 272 valence electrons. The summed E-state index contributed by atoms with van der Waals surface area (Å²) in [5.41, 5.74) is -0.825. The first kappa shape index (κ1) is 34.1. The summed E-state index contributed by atoms with van der Waals surface area (Å²) in [6.45, 7) is 15.8. The summed E-state index contributed by atoms with van der Waals surface area (Å²) in [4.78, 5) is 20.8. The van der Waals surface area contributed by atoms with Gasteiger partial charge in [0.1, 0.15) is 17.8 Å². The van der Waals surface area contributed by atoms with E-state index in [1.165, 1.54) is 0 Å². The molecule has 4 N–H and O–H groups in total. The number of ether oxygens (including phenoxy) is 5. The quantitative estimate of drug-likeness (QED) is 0.234. The van der Waals surface area contributed by atoms with Crippen LogP contribution >= 0.6 is 0 Å². The van der Waals surface area contributed by atoms with Crippen LogP contribution in [0.3, 0.4) is 0 Å². The molecule has 3 aliphatic heterocycles. The van der Waals surface area contributed by atoms with E-state index in [1.807, 2.05) is 40.7 Å². The van der Waals surface area contributed by atoms with Crippen LogP contribution in [0.15, 0.2) is 29.5 Å². The van der Waals surface area contributed by atoms with Crippen molar-refractivity contribution in [2.24, 2.45) is 22.7 Å². The second-order valence-electron chi connectivity index (χ2n) is 16.3. The topological polar surface area (TPSA) is 152 Å². The number of aryl methyl sites for hydroxylation is 1. The van der Waals surface area contributed by atoms with E-state index in [2.05, 4.69) is 22.1 Å². The molecule has 0 radical (unpaired) electrons. The summed E-state index contributed by atoms with van der Waals surface area (Å²) < 4.78 is 39.7. The van der Waals surface area contributed by atoms with Crippen LogP contribution in [0.25, 0.3) is 0 Å². The Morgan fingerprint density at radius 1 is 1.20 bits per heavy atom. The van der Waals surface area contributed by atoms with E-state index in [4.69, 9.17) is 30.2 Å². The zero-order valence-corrected chi connectivity index (χ0v) is 29.9. The monoisotopic (exact) mass is 687 g/mol. The predicted molar refractivity (Wildman–Crippen MR) is 178 cm³/mol. The molecule has 2 bridgehead atoms. The molecule has 4 heterocycles. The number of fused-ring (bicyclic) bond motifs is 8. The number of aliphatic hydroxyl groups excluding tert-OH is 1. The molecule has 0 aromatic carbocycles. The van der Waals surface area contributed by atoms with Crippen LogP contribution in [0.4, 0.5) is 0 Å². The predicted octanol–water partition coefficient (Wildman–Crippen LogP) is 2.04. The van der Waals surface area contributed by atoms with Gasteiger partial charge >= 0.3 is 5.97 Å². The molecule has 7 rings (SSSR count). The molecule has 1 aromatic heterocycles. The van der Waals surface area contributed by atoms with Gasteiger partial charge in [-0.1, -0.05) is 33.8 Å². The lowest BCUT2D eigenvalue weighted by Gasteiger charge is -2.68. The highest BCUT2D eigenvalue weighted by Gasteiger charge is 2.73. The molecule has 6 aliphatic rings. The summed E-state index contributed by atoms with van der Waals surface area (Å²) in [7, 11) is 1.68. The van der Waals surface area contributed by atoms with Crippen molar-refractivity contribution >= 4 is 5.97 Å². The zero-order chi connectivity index (χ0) is 35.8. The third-order valence-corrected chi connectivity index (χ3v) is 13.4. The molecule has 2 saturated carbocycles. The Morgan fingerprint density at radius 3 is 2.59 bits per heavy atom. The Balaban J connectivity index is 1.29. The van der Waals surface area contributed by atoms with Gasteiger partial charge in [-0.3, -0.25) is 9.88 Å². The van der Waals surface area contributed by atoms with Crippen LogP contribution in [-0.4, -0.2) is 127 Å². The van der Waals surface area contributed by atoms with Crippen molar-refractivity contribution in [2.75, 3.05) is 46.5 Å². The van der Waals surface area contributed by atoms with Gasteiger partial charge in [-0.05, 0) is 62.4 Å². The number of aliphatic hydroxyl groups is 3. The molecule has 3 aliphatic carbocycles. The molecule has 49 heavy (non-hydrogen) atoms. The second-order valence-corrected chi connectivity index (χ2v) is 16.3. The van der Waals surface area contributed by atoms with Crippen molar-refractivity contribution in [1.82, 2.24) is 15.2 Å². The molecule has 1 aromatic rings. The van der Waals surface area contributed by atoms with Gasteiger partial charge in [-0.2, -0.15) is 0 Å². The SMILES string of the molecule is [3H]O[C@@H](C(=O)O[C@H]1C[C@@]2(O)[C@@H](C)[C@H]3[C@@](C)(CC[C@H]4OC[C@]43O)[C@@H]3O[C@H](CN4CCOCC4)O[C@@H]3C(=C1C)C2(C)C)[C@@H](NC)c1ccc(C)cn1. The smallest absolute Gasteiger partial charge is 0.337 e. The molecule has 5 fully saturated rings. The lowest BCUT2D eigenvalue weighted by atomic mass is 9.43. The Kier molecular flexibility index (Phi) is 8.77. The van der Waals surface area contributed by atoms with Gasteiger partial charge < -0.3 is 44.3 Å². The van der Waals surface area contributed by atoms with Crippen molar-refractivity contribution in [3.8, 4) is 0 Å². The van der Waals surface area contributed by atoms with Gasteiger partial charge in [-0.25, -0.2) is 4.79 Å². The highest BCUT2D eigenvalue weighted by Crippen LogP contribution is 2.67. The number of nitrogens with zero attached hydrogens (tertiary/aromatic N) is 2. The standard InChI is InChI=1S/C37H55N3O9/c1-20-8-9-23(39-17-20)28(38-7)29(41)33(42)47-24-16-37(44)22(3)31-35(6,11-10-25-36(31,43)19-46-25)32-30(27(21(24)2)34(37,4)5)48-26(49-32)18-40-12-14-45-15-13-40/h8-9,17,22,24-26,28-32,38,41,43-44H,10-16,18-19H2,1-7H3/t22-,24-,25+,26+,28-,29+,30+,31-,32+,35+,36-,37+/m0/s1/i41T. The molecule has 0 amide bonds. The summed E-state index contributed by atoms with van der Waals surface area (Å²) in [6, 6.07) is 2.94. The van der Waals surface area contributed by atoms with E-state index >= 15 is 0 Å². The van der Waals surface area contributed by atoms with E-state index in [-0.39, 0.29) is 19.1 Å². The normalized spacial score (nSPS) is 43.1. The Bertz CT molecular complexity index is 1470. The van der Waals surface area contributed by atoms with Crippen LogP contribution in [0.1, 0.15) is 71.2 Å². The number of morpholine rings is 1. The summed E-state index contributed by atoms with van der Waals surface area (Å²) in [6.07, 6.45) is -0.794. The van der Waals surface area contributed by atoms with Crippen molar-refractivity contribution in [2.45, 2.75) is 115 Å². The van der Waals surface area contributed by atoms with Gasteiger partial charge in [-0.15, -0.1) is 0 Å². The first-order chi connectivity index (χ1) is 23.7. The summed E-state index contributed by atoms with van der Waals surface area (Å²) in [5, 5.41) is 33.7. The molecular formula is C37H55N3O9. The fourth-order valence-corrected chi connectivity index (χ4v) is 10.6. The Labute approximate surface area is 291 Å². The molecule has 0 unspecified atom stereocenters. The number of esters is 1. The lowest BCUT2D eigenvalue weighted by molar-refractivity contribution is -0.335. The fourth-order valence-electron chi connectivity index (χ4n) is 10.6. The van der Waals surface area contributed by atoms with Crippen molar-refractivity contribution in [3.05, 3.63) is 40.7 Å². The minimum Gasteiger partial charge on any atom is -0.456 e. The number of pyridine rings is 1. The van der Waals surface area contributed by atoms with Crippen molar-refractivity contribution < 1.29 is 43.8 Å². The highest BCUT2D eigenvalue weighted by atomic mass is 16.7. The Morgan fingerprint density at radius 2 is 1.96 bits per heavy atom. The number of rotatable bonds is 8. The average Bonchev–Trinajstić information content (AvgIpc) is 3.49. The maximum atomic E-state index is 14.0. The summed E-state index contributed by atoms with van der Waals surface area (Å²) >= 11 is 0. The maximum absolute atomic E-state index is 14.0. The van der Waals surface area contributed by atoms with Crippen LogP contribution < -0.4 is 5.32 Å². The van der Waals surface area contributed by atoms with Gasteiger partial charge in [0.2, 0.25) is 1.43 Å². The maximum Gasteiger partial charge on any atom is 0.337 e. The van der Waals surface area contributed by atoms with E-state index in [9.17, 15) is 15.0 Å². The first-order valence-corrected chi connectivity index (χ1v) is 18.0. The van der Waals surface area contributed by atoms with E-state index in [0.29, 0.717) is 31.9 Å². The average molecular weight is 688 g/mol. The van der Waals surface area contributed by atoms with Gasteiger partial charge in [0, 0.05) is 49.0 Å². The van der Waals surface area contributed by atoms with Crippen LogP contribution in [0.5, 0.6) is 0 Å². The third kappa shape index (κ3) is 5.44. The number of likely N-dealkylation sites (N-methyl/N-ethyl adjacent to an activating group) is 1. The molecule has 0 spiro atoms. The van der Waals surface area contributed by atoms with Gasteiger partial charge in [0.15, 0.2) is 12.4 Å². The number of hydrogen-bond donors (Lipinski definition) is 4. The van der Waals surface area contributed by atoms with E-state index < -0.39 is 76.6 Å². The van der Waals surface area contributed by atoms with Crippen LogP contribution in [-0.2, 0) is 28.5 Å². The van der Waals surface area contributed by atoms with Crippen LogP contribution in [0.2, 0.25) is 0 Å². The minimum absolute atomic E-state index is 0.101. The van der Waals surface area contributed by atoms with E-state index in [1.54, 1.807) is 19.3 Å². The highest BCUT2D eigenvalue weighted by molar-refractivity contribution is 5.76. The van der Waals surface area contributed by atoms with Crippen molar-refractivity contribution in [1.29, 1.82) is 1.43 Å². The number of aromatic nitrogens is 1. The number of carbonyl (C=O) groups excluding carboxylic acids is 1. The zero-order valence-electron chi connectivity index (χ0n) is 30.9. The molecular weight excluding hydrogens is 630 g/mol. The number of carbonyl (C=O) groups is 1. The fraction of sp³-hybridized carbons (Fsp3) is 0.784. The molecule has 12 atom stereocenters. The number of hydrogen-bond acceptors (Lipinski definition) is 12. The Hall–Kier alpha value is -2.00. The number of nitrogens with one attached hydrogen (secondary N) is 1. The summed E-state index contributed by atoms with van der Waals surface area (Å²) in [5.74, 6) is -1.58. The van der Waals surface area contributed by atoms with E-state index in [0.717, 1.165) is 36.2 Å². The largest absolute Gasteiger partial charge is 0.456 e. The van der Waals surface area contributed by atoms with Crippen LogP contribution in [0, 0.1) is 29.6 Å². The molecule has 3 saturated heterocycles. The minimum atomic E-state index is -1.43. The first-order valence-electron chi connectivity index (χ1n) is 18.4. The molecule has 12 nitrogen and oxygen atoms in total. The lowest BCUT2D eigenvalue weighted by Crippen LogP contribution is -2.76. The van der Waals surface area contributed by atoms with Gasteiger partial charge in [0.25, 0.3) is 0 Å². The van der Waals surface area contributed by atoms with Gasteiger partial charge in [0.05, 0.1) is 49.4 Å². The molecule has 12 heteroatoms. The van der Waals surface area contributed by atoms with Crippen molar-refractivity contribution in [3.63, 3.8) is 0 Å².